The molecule has 6 rings (SSSR count). The van der Waals surface area contributed by atoms with Crippen molar-refractivity contribution in [3.05, 3.63) is 86.2 Å². The maximum atomic E-state index is 13.0. The molecule has 0 radical (unpaired) electrons. The summed E-state index contributed by atoms with van der Waals surface area (Å²) in [5, 5.41) is 4.14. The average molecular weight is 376 g/mol. The van der Waals surface area contributed by atoms with E-state index in [0.29, 0.717) is 0 Å². The molecular weight excluding hydrogens is 360 g/mol. The van der Waals surface area contributed by atoms with Crippen molar-refractivity contribution in [2.24, 2.45) is 5.10 Å². The van der Waals surface area contributed by atoms with Crippen LogP contribution < -0.4 is 16.1 Å². The molecule has 0 spiro atoms. The fourth-order valence-electron chi connectivity index (χ4n) is 4.71. The fourth-order valence-corrected chi connectivity index (χ4v) is 4.71. The van der Waals surface area contributed by atoms with E-state index in [1.165, 1.54) is 15.6 Å². The number of hydrogen-bond acceptors (Lipinski definition) is 5. The summed E-state index contributed by atoms with van der Waals surface area (Å²) in [6, 6.07) is 15.0. The van der Waals surface area contributed by atoms with Crippen molar-refractivity contribution in [1.82, 2.24) is 14.0 Å². The largest absolute Gasteiger partial charge is 0.497 e. The molecule has 8 heteroatoms. The van der Waals surface area contributed by atoms with E-state index >= 15 is 0 Å². The predicted molar refractivity (Wildman–Crippen MR) is 100 cm³/mol. The van der Waals surface area contributed by atoms with Gasteiger partial charge in [-0.2, -0.15) is 9.78 Å². The lowest BCUT2D eigenvalue weighted by atomic mass is 9.98. The maximum Gasteiger partial charge on any atom is 0.370 e. The smallest absolute Gasteiger partial charge is 0.370 e. The van der Waals surface area contributed by atoms with E-state index in [4.69, 9.17) is 9.47 Å². The van der Waals surface area contributed by atoms with Crippen molar-refractivity contribution in [2.45, 2.75) is 24.3 Å². The van der Waals surface area contributed by atoms with Gasteiger partial charge >= 0.3 is 11.4 Å². The van der Waals surface area contributed by atoms with E-state index in [1.807, 2.05) is 18.2 Å². The highest BCUT2D eigenvalue weighted by molar-refractivity contribution is 5.79. The van der Waals surface area contributed by atoms with Gasteiger partial charge in [0.25, 0.3) is 0 Å². The summed E-state index contributed by atoms with van der Waals surface area (Å²) in [7, 11) is 1.59. The molecule has 1 fully saturated rings. The van der Waals surface area contributed by atoms with E-state index in [1.54, 1.807) is 31.4 Å². The molecule has 4 atom stereocenters. The van der Waals surface area contributed by atoms with Gasteiger partial charge in [0.1, 0.15) is 11.9 Å². The Hall–Kier alpha value is -3.39. The molecule has 0 unspecified atom stereocenters. The summed E-state index contributed by atoms with van der Waals surface area (Å²) in [5.74, 6) is 0.725. The lowest BCUT2D eigenvalue weighted by molar-refractivity contribution is -0.0557. The third-order valence-corrected chi connectivity index (χ3v) is 5.88. The Bertz CT molecular complexity index is 1250. The maximum absolute atomic E-state index is 13.0. The first kappa shape index (κ1) is 15.6. The van der Waals surface area contributed by atoms with Gasteiger partial charge in [-0.25, -0.2) is 14.3 Å². The van der Waals surface area contributed by atoms with Crippen LogP contribution in [0.5, 0.6) is 5.75 Å². The summed E-state index contributed by atoms with van der Waals surface area (Å²) >= 11 is 0. The van der Waals surface area contributed by atoms with E-state index in [-0.39, 0.29) is 18.1 Å². The number of hydrogen-bond donors (Lipinski definition) is 0. The zero-order valence-electron chi connectivity index (χ0n) is 14.9. The van der Waals surface area contributed by atoms with Crippen LogP contribution in [0.25, 0.3) is 0 Å². The van der Waals surface area contributed by atoms with E-state index < -0.39 is 17.6 Å². The minimum absolute atomic E-state index is 0.00168. The molecule has 2 aliphatic heterocycles. The van der Waals surface area contributed by atoms with Crippen molar-refractivity contribution in [2.75, 3.05) is 7.11 Å². The quantitative estimate of drug-likeness (QED) is 0.651. The molecule has 3 heterocycles. The highest BCUT2D eigenvalue weighted by atomic mass is 16.5. The molecule has 28 heavy (non-hydrogen) atoms. The SMILES string of the molecule is COc1ccc(/C=N/n2c(=O)n3n(c2=O)[C@@H]2O[C@H]4c5ccccc5[C@H]2[C@H]43)cc1. The van der Waals surface area contributed by atoms with Crippen molar-refractivity contribution >= 4 is 6.21 Å². The number of nitrogens with zero attached hydrogens (tertiary/aromatic N) is 4. The van der Waals surface area contributed by atoms with Crippen molar-refractivity contribution < 1.29 is 9.47 Å². The number of fused-ring (bicyclic) bond motifs is 4. The van der Waals surface area contributed by atoms with Crippen molar-refractivity contribution in [1.29, 1.82) is 0 Å². The van der Waals surface area contributed by atoms with Crippen LogP contribution in [-0.4, -0.2) is 27.4 Å². The zero-order chi connectivity index (χ0) is 19.0. The molecule has 1 saturated heterocycles. The Labute approximate surface area is 158 Å². The molecule has 3 aliphatic rings. The number of methoxy groups -OCH3 is 1. The topological polar surface area (TPSA) is 79.8 Å². The van der Waals surface area contributed by atoms with Gasteiger partial charge in [-0.05, 0) is 41.0 Å². The van der Waals surface area contributed by atoms with E-state index in [9.17, 15) is 9.59 Å². The minimum Gasteiger partial charge on any atom is -0.497 e. The third-order valence-electron chi connectivity index (χ3n) is 5.88. The summed E-state index contributed by atoms with van der Waals surface area (Å²) in [6.45, 7) is 0. The molecular formula is C20H16N4O4. The van der Waals surface area contributed by atoms with E-state index in [0.717, 1.165) is 27.1 Å². The highest BCUT2D eigenvalue weighted by Gasteiger charge is 2.61. The van der Waals surface area contributed by atoms with Crippen LogP contribution in [0.2, 0.25) is 0 Å². The molecule has 4 bridgehead atoms. The lowest BCUT2D eigenvalue weighted by Gasteiger charge is -2.26. The van der Waals surface area contributed by atoms with Crippen LogP contribution in [0.15, 0.2) is 63.2 Å². The van der Waals surface area contributed by atoms with Gasteiger partial charge in [0.05, 0.1) is 25.3 Å². The summed E-state index contributed by atoms with van der Waals surface area (Å²) in [4.78, 5) is 25.9. The monoisotopic (exact) mass is 376 g/mol. The minimum atomic E-state index is -0.481. The molecule has 1 aliphatic carbocycles. The first-order chi connectivity index (χ1) is 13.7. The van der Waals surface area contributed by atoms with Gasteiger partial charge in [-0.3, -0.25) is 0 Å². The Morgan fingerprint density at radius 2 is 1.71 bits per heavy atom. The second-order valence-electron chi connectivity index (χ2n) is 7.18. The number of ether oxygens (including phenoxy) is 2. The highest BCUT2D eigenvalue weighted by Crippen LogP contribution is 2.64. The van der Waals surface area contributed by atoms with Crippen molar-refractivity contribution in [3.63, 3.8) is 0 Å². The number of rotatable bonds is 3. The van der Waals surface area contributed by atoms with Crippen LogP contribution >= 0.6 is 0 Å². The van der Waals surface area contributed by atoms with Gasteiger partial charge in [-0.15, -0.1) is 4.68 Å². The summed E-state index contributed by atoms with van der Waals surface area (Å²) in [5.41, 5.74) is 2.11. The van der Waals surface area contributed by atoms with Crippen LogP contribution in [-0.2, 0) is 4.74 Å². The molecule has 2 aromatic carbocycles. The molecule has 3 aromatic rings. The Balaban J connectivity index is 1.41. The molecule has 8 nitrogen and oxygen atoms in total. The average Bonchev–Trinajstić information content (AvgIpc) is 3.43. The van der Waals surface area contributed by atoms with Gasteiger partial charge in [0, 0.05) is 0 Å². The normalized spacial score (nSPS) is 26.0. The fraction of sp³-hybridized carbons (Fsp3) is 0.250. The second kappa shape index (κ2) is 5.32. The predicted octanol–water partition coefficient (Wildman–Crippen LogP) is 1.62. The van der Waals surface area contributed by atoms with Crippen LogP contribution in [0.3, 0.4) is 0 Å². The van der Waals surface area contributed by atoms with Gasteiger partial charge < -0.3 is 9.47 Å². The number of aromatic nitrogens is 3. The Morgan fingerprint density at radius 3 is 2.46 bits per heavy atom. The van der Waals surface area contributed by atoms with Gasteiger partial charge in [0.2, 0.25) is 0 Å². The third kappa shape index (κ3) is 1.80. The Kier molecular flexibility index (Phi) is 2.98. The van der Waals surface area contributed by atoms with Crippen LogP contribution in [0.1, 0.15) is 41.0 Å². The van der Waals surface area contributed by atoms with Gasteiger partial charge in [-0.1, -0.05) is 24.3 Å². The molecule has 140 valence electrons. The standard InChI is InChI=1S/C20H16N4O4/c1-27-12-8-6-11(7-9-12)10-21-22-19(25)23-16-15-13-4-2-3-5-14(13)17(16)28-18(15)24(23)20(22)26/h2-10,15-18H,1H3/b21-10+/t15-,16+,17-,18+/m0/s1. The van der Waals surface area contributed by atoms with Crippen LogP contribution in [0.4, 0.5) is 0 Å². The van der Waals surface area contributed by atoms with Crippen molar-refractivity contribution in [3.8, 4) is 5.75 Å². The van der Waals surface area contributed by atoms with Gasteiger partial charge in [0.15, 0.2) is 6.23 Å². The van der Waals surface area contributed by atoms with E-state index in [2.05, 4.69) is 11.2 Å². The molecule has 0 amide bonds. The second-order valence-corrected chi connectivity index (χ2v) is 7.18. The number of benzene rings is 2. The zero-order valence-corrected chi connectivity index (χ0v) is 14.9. The molecule has 0 N–H and O–H groups in total. The molecule has 1 aromatic heterocycles. The summed E-state index contributed by atoms with van der Waals surface area (Å²) < 4.78 is 15.0. The molecule has 0 saturated carbocycles. The lowest BCUT2D eigenvalue weighted by Crippen LogP contribution is -2.32. The van der Waals surface area contributed by atoms with Crippen LogP contribution in [0, 0.1) is 0 Å². The summed E-state index contributed by atoms with van der Waals surface area (Å²) in [6.07, 6.45) is 0.845. The first-order valence-electron chi connectivity index (χ1n) is 9.08. The Morgan fingerprint density at radius 1 is 1.00 bits per heavy atom. The first-order valence-corrected chi connectivity index (χ1v) is 9.08.